The molecule has 2 N–H and O–H groups in total. The van der Waals surface area contributed by atoms with E-state index in [1.807, 2.05) is 36.4 Å². The molecule has 4 aromatic carbocycles. The fraction of sp³-hybridized carbons (Fsp3) is 0.0714. The van der Waals surface area contributed by atoms with Crippen molar-refractivity contribution in [2.45, 2.75) is 0 Å². The van der Waals surface area contributed by atoms with Gasteiger partial charge in [-0.2, -0.15) is 0 Å². The van der Waals surface area contributed by atoms with Gasteiger partial charge >= 0.3 is 0 Å². The molecule has 0 spiro atoms. The number of ether oxygens (including phenoxy) is 2. The lowest BCUT2D eigenvalue weighted by Gasteiger charge is -2.11. The first-order valence-corrected chi connectivity index (χ1v) is 10.9. The van der Waals surface area contributed by atoms with E-state index < -0.39 is 5.43 Å². The Morgan fingerprint density at radius 1 is 0.639 bits per heavy atom. The SMILES string of the molecule is COc1cc2oc3ccc(O)cc3c(=O)c2c(O)c1OC.O=c1c2ccccc2oc2ccccc12. The van der Waals surface area contributed by atoms with E-state index in [2.05, 4.69) is 0 Å². The van der Waals surface area contributed by atoms with Crippen molar-refractivity contribution in [3.63, 3.8) is 0 Å². The van der Waals surface area contributed by atoms with E-state index in [1.54, 1.807) is 12.1 Å². The van der Waals surface area contributed by atoms with Gasteiger partial charge in [0.1, 0.15) is 33.5 Å². The largest absolute Gasteiger partial charge is 0.508 e. The monoisotopic (exact) mass is 484 g/mol. The number of hydrogen-bond donors (Lipinski definition) is 2. The minimum absolute atomic E-state index is 0.0225. The van der Waals surface area contributed by atoms with Crippen LogP contribution in [-0.2, 0) is 0 Å². The Bertz CT molecular complexity index is 1820. The summed E-state index contributed by atoms with van der Waals surface area (Å²) in [7, 11) is 2.78. The van der Waals surface area contributed by atoms with Crippen LogP contribution in [0.1, 0.15) is 0 Å². The molecule has 0 saturated heterocycles. The van der Waals surface area contributed by atoms with E-state index >= 15 is 0 Å². The van der Waals surface area contributed by atoms with Crippen molar-refractivity contribution >= 4 is 43.9 Å². The van der Waals surface area contributed by atoms with Crippen LogP contribution in [-0.4, -0.2) is 24.4 Å². The van der Waals surface area contributed by atoms with Gasteiger partial charge in [-0.25, -0.2) is 0 Å². The van der Waals surface area contributed by atoms with Crippen LogP contribution in [0.2, 0.25) is 0 Å². The summed E-state index contributed by atoms with van der Waals surface area (Å²) in [5.41, 5.74) is 1.33. The lowest BCUT2D eigenvalue weighted by atomic mass is 10.1. The summed E-state index contributed by atoms with van der Waals surface area (Å²) >= 11 is 0. The second-order valence-corrected chi connectivity index (χ2v) is 7.87. The summed E-state index contributed by atoms with van der Waals surface area (Å²) in [6.45, 7) is 0. The van der Waals surface area contributed by atoms with Crippen LogP contribution in [0.3, 0.4) is 0 Å². The number of benzene rings is 4. The number of rotatable bonds is 2. The van der Waals surface area contributed by atoms with Crippen LogP contribution in [0.5, 0.6) is 23.0 Å². The molecule has 180 valence electrons. The quantitative estimate of drug-likeness (QED) is 0.317. The van der Waals surface area contributed by atoms with E-state index in [0.717, 1.165) is 0 Å². The summed E-state index contributed by atoms with van der Waals surface area (Å²) in [6, 6.07) is 20.3. The van der Waals surface area contributed by atoms with Crippen molar-refractivity contribution in [1.29, 1.82) is 0 Å². The molecule has 0 aliphatic heterocycles. The zero-order valence-electron chi connectivity index (χ0n) is 19.3. The Morgan fingerprint density at radius 2 is 1.22 bits per heavy atom. The predicted octanol–water partition coefficient (Wildman–Crippen LogP) is 5.32. The summed E-state index contributed by atoms with van der Waals surface area (Å²) in [6.07, 6.45) is 0. The molecule has 2 aromatic heterocycles. The molecule has 8 heteroatoms. The number of methoxy groups -OCH3 is 2. The molecule has 0 amide bonds. The molecule has 0 aliphatic carbocycles. The van der Waals surface area contributed by atoms with Gasteiger partial charge in [-0.15, -0.1) is 0 Å². The van der Waals surface area contributed by atoms with Gasteiger partial charge in [0.05, 0.1) is 30.4 Å². The molecule has 0 unspecified atom stereocenters. The third-order valence-corrected chi connectivity index (χ3v) is 5.75. The van der Waals surface area contributed by atoms with E-state index in [0.29, 0.717) is 27.5 Å². The highest BCUT2D eigenvalue weighted by atomic mass is 16.5. The average molecular weight is 484 g/mol. The number of phenolic OH excluding ortho intramolecular Hbond substituents is 2. The van der Waals surface area contributed by atoms with Crippen LogP contribution in [0.25, 0.3) is 43.9 Å². The molecule has 6 rings (SSSR count). The molecule has 0 atom stereocenters. The van der Waals surface area contributed by atoms with E-state index in [9.17, 15) is 19.8 Å². The Labute approximate surface area is 203 Å². The number of phenols is 2. The smallest absolute Gasteiger partial charge is 0.204 e. The fourth-order valence-electron chi connectivity index (χ4n) is 4.04. The first-order valence-electron chi connectivity index (χ1n) is 10.9. The third kappa shape index (κ3) is 3.74. The van der Waals surface area contributed by atoms with Gasteiger partial charge in [0.15, 0.2) is 11.5 Å². The molecule has 6 aromatic rings. The van der Waals surface area contributed by atoms with Crippen molar-refractivity contribution in [3.05, 3.63) is 93.2 Å². The lowest BCUT2D eigenvalue weighted by molar-refractivity contribution is 0.334. The second kappa shape index (κ2) is 8.99. The summed E-state index contributed by atoms with van der Waals surface area (Å²) < 4.78 is 21.4. The lowest BCUT2D eigenvalue weighted by Crippen LogP contribution is -2.04. The van der Waals surface area contributed by atoms with E-state index in [-0.39, 0.29) is 44.8 Å². The zero-order chi connectivity index (χ0) is 25.4. The summed E-state index contributed by atoms with van der Waals surface area (Å²) in [5.74, 6) is -0.111. The molecular weight excluding hydrogens is 464 g/mol. The molecule has 0 saturated carbocycles. The Balaban J connectivity index is 0.000000156. The molecular formula is C28H20O8. The van der Waals surface area contributed by atoms with Crippen LogP contribution in [0.15, 0.2) is 91.2 Å². The Morgan fingerprint density at radius 3 is 1.83 bits per heavy atom. The highest BCUT2D eigenvalue weighted by Gasteiger charge is 2.20. The molecule has 0 bridgehead atoms. The molecule has 36 heavy (non-hydrogen) atoms. The Hall–Kier alpha value is -4.98. The number of fused-ring (bicyclic) bond motifs is 4. The molecule has 8 nitrogen and oxygen atoms in total. The Kier molecular flexibility index (Phi) is 5.69. The normalized spacial score (nSPS) is 10.9. The van der Waals surface area contributed by atoms with Gasteiger partial charge in [0.25, 0.3) is 0 Å². The van der Waals surface area contributed by atoms with Gasteiger partial charge < -0.3 is 28.5 Å². The topological polar surface area (TPSA) is 119 Å². The first kappa shape index (κ1) is 22.8. The number of para-hydroxylation sites is 2. The summed E-state index contributed by atoms with van der Waals surface area (Å²) in [5, 5.41) is 21.2. The average Bonchev–Trinajstić information content (AvgIpc) is 2.89. The maximum absolute atomic E-state index is 12.5. The highest BCUT2D eigenvalue weighted by Crippen LogP contribution is 2.42. The van der Waals surface area contributed by atoms with Gasteiger partial charge in [0.2, 0.25) is 16.6 Å². The standard InChI is InChI=1S/C15H12O6.C13H8O2/c1-19-11-6-10-12(14(18)15(11)20-2)13(17)8-5-7(16)3-4-9(8)21-10;14-13-9-5-1-3-7-11(9)15-12-8-4-2-6-10(12)13/h3-6,16,18H,1-2H3;1-8H. The van der Waals surface area contributed by atoms with E-state index in [4.69, 9.17) is 18.3 Å². The third-order valence-electron chi connectivity index (χ3n) is 5.75. The minimum atomic E-state index is -0.458. The zero-order valence-corrected chi connectivity index (χ0v) is 19.3. The molecule has 2 heterocycles. The van der Waals surface area contributed by atoms with Crippen molar-refractivity contribution in [3.8, 4) is 23.0 Å². The second-order valence-electron chi connectivity index (χ2n) is 7.87. The maximum atomic E-state index is 12.5. The number of aromatic hydroxyl groups is 2. The van der Waals surface area contributed by atoms with Gasteiger partial charge in [-0.3, -0.25) is 9.59 Å². The molecule has 0 radical (unpaired) electrons. The van der Waals surface area contributed by atoms with Gasteiger partial charge in [-0.05, 0) is 42.5 Å². The van der Waals surface area contributed by atoms with Crippen LogP contribution >= 0.6 is 0 Å². The molecule has 0 aliphatic rings. The van der Waals surface area contributed by atoms with Crippen molar-refractivity contribution in [2.24, 2.45) is 0 Å². The first-order chi connectivity index (χ1) is 17.4. The van der Waals surface area contributed by atoms with Crippen molar-refractivity contribution < 1.29 is 28.5 Å². The predicted molar refractivity (Wildman–Crippen MR) is 136 cm³/mol. The van der Waals surface area contributed by atoms with E-state index in [1.165, 1.54) is 38.5 Å². The maximum Gasteiger partial charge on any atom is 0.204 e. The minimum Gasteiger partial charge on any atom is -0.508 e. The van der Waals surface area contributed by atoms with Crippen LogP contribution in [0.4, 0.5) is 0 Å². The fourth-order valence-corrected chi connectivity index (χ4v) is 4.04. The number of hydrogen-bond acceptors (Lipinski definition) is 8. The van der Waals surface area contributed by atoms with Crippen molar-refractivity contribution in [1.82, 2.24) is 0 Å². The van der Waals surface area contributed by atoms with Crippen molar-refractivity contribution in [2.75, 3.05) is 14.2 Å². The van der Waals surface area contributed by atoms with Gasteiger partial charge in [0, 0.05) is 6.07 Å². The summed E-state index contributed by atoms with van der Waals surface area (Å²) in [4.78, 5) is 24.5. The van der Waals surface area contributed by atoms with Crippen LogP contribution in [0, 0.1) is 0 Å². The van der Waals surface area contributed by atoms with Gasteiger partial charge in [-0.1, -0.05) is 24.3 Å². The van der Waals surface area contributed by atoms with Crippen LogP contribution < -0.4 is 20.3 Å². The molecule has 0 fully saturated rings. The highest BCUT2D eigenvalue weighted by molar-refractivity contribution is 5.96.